The standard InChI is InChI=1S/C13H15NO2/c1-8-13(9(2)15)11-6-5-10(16-4)7-12(11)14(8)3/h5-7H,1-4H3. The number of ether oxygens (including phenoxy) is 1. The van der Waals surface area contributed by atoms with Gasteiger partial charge < -0.3 is 9.30 Å². The zero-order valence-corrected chi connectivity index (χ0v) is 10.00. The lowest BCUT2D eigenvalue weighted by Crippen LogP contribution is -1.96. The van der Waals surface area contributed by atoms with Crippen LogP contribution in [0.15, 0.2) is 18.2 Å². The fourth-order valence-corrected chi connectivity index (χ4v) is 2.12. The highest BCUT2D eigenvalue weighted by atomic mass is 16.5. The van der Waals surface area contributed by atoms with Crippen molar-refractivity contribution in [3.63, 3.8) is 0 Å². The first-order valence-electron chi connectivity index (χ1n) is 5.20. The van der Waals surface area contributed by atoms with Crippen LogP contribution >= 0.6 is 0 Å². The molecule has 1 aromatic carbocycles. The Morgan fingerprint density at radius 3 is 2.62 bits per heavy atom. The maximum Gasteiger partial charge on any atom is 0.162 e. The highest BCUT2D eigenvalue weighted by Gasteiger charge is 2.15. The number of methoxy groups -OCH3 is 1. The molecule has 0 unspecified atom stereocenters. The van der Waals surface area contributed by atoms with Gasteiger partial charge in [0.15, 0.2) is 5.78 Å². The smallest absolute Gasteiger partial charge is 0.162 e. The van der Waals surface area contributed by atoms with E-state index in [-0.39, 0.29) is 5.78 Å². The minimum absolute atomic E-state index is 0.105. The third-order valence-electron chi connectivity index (χ3n) is 3.05. The van der Waals surface area contributed by atoms with Crippen molar-refractivity contribution in [3.8, 4) is 5.75 Å². The molecule has 16 heavy (non-hydrogen) atoms. The Morgan fingerprint density at radius 1 is 1.38 bits per heavy atom. The van der Waals surface area contributed by atoms with Gasteiger partial charge in [-0.15, -0.1) is 0 Å². The van der Waals surface area contributed by atoms with Gasteiger partial charge in [0.25, 0.3) is 0 Å². The van der Waals surface area contributed by atoms with E-state index in [2.05, 4.69) is 0 Å². The van der Waals surface area contributed by atoms with Crippen molar-refractivity contribution < 1.29 is 9.53 Å². The fourth-order valence-electron chi connectivity index (χ4n) is 2.12. The van der Waals surface area contributed by atoms with Crippen molar-refractivity contribution in [2.24, 2.45) is 7.05 Å². The van der Waals surface area contributed by atoms with E-state index in [9.17, 15) is 4.79 Å². The Balaban J connectivity index is 2.84. The summed E-state index contributed by atoms with van der Waals surface area (Å²) in [5.41, 5.74) is 2.83. The molecule has 0 fully saturated rings. The first-order chi connectivity index (χ1) is 7.56. The van der Waals surface area contributed by atoms with Crippen LogP contribution in [0.3, 0.4) is 0 Å². The number of aryl methyl sites for hydroxylation is 1. The predicted octanol–water partition coefficient (Wildman–Crippen LogP) is 2.70. The lowest BCUT2D eigenvalue weighted by atomic mass is 10.1. The quantitative estimate of drug-likeness (QED) is 0.724. The van der Waals surface area contributed by atoms with E-state index in [1.807, 2.05) is 36.7 Å². The Morgan fingerprint density at radius 2 is 2.06 bits per heavy atom. The second-order valence-electron chi connectivity index (χ2n) is 3.96. The van der Waals surface area contributed by atoms with Gasteiger partial charge in [-0.25, -0.2) is 0 Å². The van der Waals surface area contributed by atoms with Crippen molar-refractivity contribution in [1.29, 1.82) is 0 Å². The first kappa shape index (κ1) is 10.7. The van der Waals surface area contributed by atoms with Crippen molar-refractivity contribution in [2.45, 2.75) is 13.8 Å². The van der Waals surface area contributed by atoms with Gasteiger partial charge in [-0.1, -0.05) is 0 Å². The summed E-state index contributed by atoms with van der Waals surface area (Å²) in [5.74, 6) is 0.913. The molecule has 0 aliphatic rings. The normalized spacial score (nSPS) is 10.8. The van der Waals surface area contributed by atoms with E-state index in [4.69, 9.17) is 4.74 Å². The van der Waals surface area contributed by atoms with Gasteiger partial charge in [0.2, 0.25) is 0 Å². The monoisotopic (exact) mass is 217 g/mol. The molecule has 1 aromatic heterocycles. The number of hydrogen-bond donors (Lipinski definition) is 0. The van der Waals surface area contributed by atoms with Crippen LogP contribution in [0.1, 0.15) is 23.0 Å². The lowest BCUT2D eigenvalue weighted by molar-refractivity contribution is 0.101. The van der Waals surface area contributed by atoms with Crippen molar-refractivity contribution >= 4 is 16.7 Å². The van der Waals surface area contributed by atoms with Gasteiger partial charge in [-0.2, -0.15) is 0 Å². The third-order valence-corrected chi connectivity index (χ3v) is 3.05. The van der Waals surface area contributed by atoms with Gasteiger partial charge in [-0.3, -0.25) is 4.79 Å². The zero-order chi connectivity index (χ0) is 11.9. The maximum absolute atomic E-state index is 11.6. The average Bonchev–Trinajstić information content (AvgIpc) is 2.51. The minimum atomic E-state index is 0.105. The van der Waals surface area contributed by atoms with Crippen LogP contribution in [0.2, 0.25) is 0 Å². The molecule has 0 N–H and O–H groups in total. The molecule has 0 aliphatic heterocycles. The third kappa shape index (κ3) is 1.40. The SMILES string of the molecule is COc1ccc2c(C(C)=O)c(C)n(C)c2c1. The summed E-state index contributed by atoms with van der Waals surface area (Å²) in [6.07, 6.45) is 0. The summed E-state index contributed by atoms with van der Waals surface area (Å²) >= 11 is 0. The topological polar surface area (TPSA) is 31.2 Å². The number of aromatic nitrogens is 1. The van der Waals surface area contributed by atoms with Crippen LogP contribution in [-0.2, 0) is 7.05 Å². The highest BCUT2D eigenvalue weighted by Crippen LogP contribution is 2.28. The predicted molar refractivity (Wildman–Crippen MR) is 64.2 cm³/mol. The van der Waals surface area contributed by atoms with E-state index < -0.39 is 0 Å². The number of ketones is 1. The molecular formula is C13H15NO2. The Kier molecular flexibility index (Phi) is 2.46. The van der Waals surface area contributed by atoms with Gasteiger partial charge in [0.1, 0.15) is 5.75 Å². The van der Waals surface area contributed by atoms with Crippen molar-refractivity contribution in [1.82, 2.24) is 4.57 Å². The Labute approximate surface area is 94.6 Å². The van der Waals surface area contributed by atoms with Crippen LogP contribution in [0.25, 0.3) is 10.9 Å². The molecule has 3 nitrogen and oxygen atoms in total. The molecule has 0 saturated heterocycles. The number of Topliss-reactive ketones (excluding diaryl/α,β-unsaturated/α-hetero) is 1. The van der Waals surface area contributed by atoms with Crippen LogP contribution in [-0.4, -0.2) is 17.5 Å². The van der Waals surface area contributed by atoms with Gasteiger partial charge in [0.05, 0.1) is 12.6 Å². The number of nitrogens with zero attached hydrogens (tertiary/aromatic N) is 1. The van der Waals surface area contributed by atoms with E-state index >= 15 is 0 Å². The molecule has 3 heteroatoms. The molecule has 2 rings (SSSR count). The molecule has 0 amide bonds. The van der Waals surface area contributed by atoms with E-state index in [1.54, 1.807) is 14.0 Å². The molecule has 2 aromatic rings. The summed E-state index contributed by atoms with van der Waals surface area (Å²) in [7, 11) is 3.60. The number of carbonyl (C=O) groups is 1. The molecule has 0 radical (unpaired) electrons. The van der Waals surface area contributed by atoms with Gasteiger partial charge in [0, 0.05) is 29.8 Å². The maximum atomic E-state index is 11.6. The number of hydrogen-bond acceptors (Lipinski definition) is 2. The summed E-state index contributed by atoms with van der Waals surface area (Å²) in [6.45, 7) is 3.56. The second-order valence-corrected chi connectivity index (χ2v) is 3.96. The van der Waals surface area contributed by atoms with Gasteiger partial charge >= 0.3 is 0 Å². The van der Waals surface area contributed by atoms with E-state index in [0.717, 1.165) is 27.9 Å². The molecule has 0 spiro atoms. The molecule has 0 aliphatic carbocycles. The molecule has 0 bridgehead atoms. The summed E-state index contributed by atoms with van der Waals surface area (Å²) in [5, 5.41) is 0.994. The number of fused-ring (bicyclic) bond motifs is 1. The lowest BCUT2D eigenvalue weighted by Gasteiger charge is -2.01. The minimum Gasteiger partial charge on any atom is -0.497 e. The van der Waals surface area contributed by atoms with Crippen LogP contribution in [0.5, 0.6) is 5.75 Å². The van der Waals surface area contributed by atoms with Crippen LogP contribution < -0.4 is 4.74 Å². The van der Waals surface area contributed by atoms with Gasteiger partial charge in [-0.05, 0) is 26.0 Å². The van der Waals surface area contributed by atoms with E-state index in [0.29, 0.717) is 0 Å². The molecular weight excluding hydrogens is 202 g/mol. The largest absolute Gasteiger partial charge is 0.497 e. The Bertz CT molecular complexity index is 567. The summed E-state index contributed by atoms with van der Waals surface area (Å²) in [6, 6.07) is 5.78. The molecule has 84 valence electrons. The number of carbonyl (C=O) groups excluding carboxylic acids is 1. The molecule has 1 heterocycles. The van der Waals surface area contributed by atoms with Crippen LogP contribution in [0.4, 0.5) is 0 Å². The fraction of sp³-hybridized carbons (Fsp3) is 0.308. The number of benzene rings is 1. The van der Waals surface area contributed by atoms with Crippen molar-refractivity contribution in [3.05, 3.63) is 29.5 Å². The average molecular weight is 217 g/mol. The first-order valence-corrected chi connectivity index (χ1v) is 5.20. The molecule has 0 atom stereocenters. The summed E-state index contributed by atoms with van der Waals surface area (Å²) in [4.78, 5) is 11.6. The number of rotatable bonds is 2. The van der Waals surface area contributed by atoms with E-state index in [1.165, 1.54) is 0 Å². The Hall–Kier alpha value is -1.77. The van der Waals surface area contributed by atoms with Crippen molar-refractivity contribution in [2.75, 3.05) is 7.11 Å². The molecule has 0 saturated carbocycles. The summed E-state index contributed by atoms with van der Waals surface area (Å²) < 4.78 is 7.21. The second kappa shape index (κ2) is 3.67. The zero-order valence-electron chi connectivity index (χ0n) is 10.00. The van der Waals surface area contributed by atoms with Crippen LogP contribution in [0, 0.1) is 6.92 Å². The highest BCUT2D eigenvalue weighted by molar-refractivity contribution is 6.08.